The lowest BCUT2D eigenvalue weighted by molar-refractivity contribution is -0.147. The predicted octanol–water partition coefficient (Wildman–Crippen LogP) is 4.53. The van der Waals surface area contributed by atoms with Crippen molar-refractivity contribution in [1.29, 1.82) is 0 Å². The van der Waals surface area contributed by atoms with Crippen molar-refractivity contribution in [3.63, 3.8) is 0 Å². The molecule has 35 heavy (non-hydrogen) atoms. The van der Waals surface area contributed by atoms with Gasteiger partial charge in [0.2, 0.25) is 10.0 Å². The van der Waals surface area contributed by atoms with Gasteiger partial charge in [0.1, 0.15) is 0 Å². The largest absolute Gasteiger partial charge is 0.456 e. The van der Waals surface area contributed by atoms with E-state index >= 15 is 0 Å². The Balaban J connectivity index is 1.19. The summed E-state index contributed by atoms with van der Waals surface area (Å²) in [7, 11) is -3.60. The van der Waals surface area contributed by atoms with Crippen LogP contribution in [0.25, 0.3) is 10.2 Å². The molecule has 1 N–H and O–H groups in total. The van der Waals surface area contributed by atoms with Crippen molar-refractivity contribution in [2.75, 3.05) is 30.8 Å². The van der Waals surface area contributed by atoms with Crippen LogP contribution >= 0.6 is 23.1 Å². The van der Waals surface area contributed by atoms with E-state index in [9.17, 15) is 18.0 Å². The molecule has 8 nitrogen and oxygen atoms in total. The van der Waals surface area contributed by atoms with Gasteiger partial charge in [-0.05, 0) is 49.6 Å². The van der Waals surface area contributed by atoms with Gasteiger partial charge in [0, 0.05) is 31.0 Å². The van der Waals surface area contributed by atoms with E-state index in [-0.39, 0.29) is 11.3 Å². The Bertz CT molecular complexity index is 1250. The van der Waals surface area contributed by atoms with Crippen molar-refractivity contribution < 1.29 is 22.7 Å². The van der Waals surface area contributed by atoms with Gasteiger partial charge in [0.05, 0.1) is 15.1 Å². The number of anilines is 1. The molecule has 1 aliphatic rings. The summed E-state index contributed by atoms with van der Waals surface area (Å²) in [6, 6.07) is 14.1. The molecule has 3 aromatic rings. The van der Waals surface area contributed by atoms with E-state index in [0.717, 1.165) is 39.6 Å². The van der Waals surface area contributed by atoms with Gasteiger partial charge in [-0.3, -0.25) is 9.59 Å². The fourth-order valence-electron chi connectivity index (χ4n) is 3.69. The van der Waals surface area contributed by atoms with Gasteiger partial charge in [-0.2, -0.15) is 4.31 Å². The van der Waals surface area contributed by atoms with Crippen LogP contribution in [0.15, 0.2) is 57.8 Å². The first-order valence-electron chi connectivity index (χ1n) is 11.5. The minimum atomic E-state index is -3.60. The van der Waals surface area contributed by atoms with Crippen molar-refractivity contribution in [3.05, 3.63) is 48.5 Å². The summed E-state index contributed by atoms with van der Waals surface area (Å²) in [6.45, 7) is 0.592. The van der Waals surface area contributed by atoms with Crippen LogP contribution in [0.1, 0.15) is 32.1 Å². The fraction of sp³-hybridized carbons (Fsp3) is 0.375. The number of carbonyl (C=O) groups excluding carboxylic acids is 2. The molecule has 11 heteroatoms. The van der Waals surface area contributed by atoms with Gasteiger partial charge < -0.3 is 10.1 Å². The normalized spacial score (nSPS) is 14.6. The van der Waals surface area contributed by atoms with Crippen LogP contribution in [0.3, 0.4) is 0 Å². The number of thioether (sulfide) groups is 1. The first-order chi connectivity index (χ1) is 16.9. The van der Waals surface area contributed by atoms with Crippen LogP contribution in [-0.4, -0.2) is 55.0 Å². The molecule has 1 amide bonds. The van der Waals surface area contributed by atoms with Crippen molar-refractivity contribution in [1.82, 2.24) is 9.29 Å². The summed E-state index contributed by atoms with van der Waals surface area (Å²) in [4.78, 5) is 28.9. The summed E-state index contributed by atoms with van der Waals surface area (Å²) in [5.74, 6) is -0.249. The third-order valence-electron chi connectivity index (χ3n) is 5.46. The summed E-state index contributed by atoms with van der Waals surface area (Å²) in [6.07, 6.45) is 3.54. The van der Waals surface area contributed by atoms with E-state index in [1.165, 1.54) is 16.4 Å². The molecule has 1 aromatic heterocycles. The number of amides is 1. The molecule has 0 radical (unpaired) electrons. The molecule has 0 bridgehead atoms. The first-order valence-corrected chi connectivity index (χ1v) is 14.7. The zero-order valence-electron chi connectivity index (χ0n) is 19.1. The van der Waals surface area contributed by atoms with Crippen LogP contribution in [0, 0.1) is 0 Å². The number of sulfonamides is 1. The van der Waals surface area contributed by atoms with Gasteiger partial charge in [-0.25, -0.2) is 13.4 Å². The average Bonchev–Trinajstić information content (AvgIpc) is 3.29. The molecule has 0 aliphatic carbocycles. The number of aromatic nitrogens is 1. The molecule has 0 saturated carbocycles. The number of thiazole rings is 1. The van der Waals surface area contributed by atoms with Crippen LogP contribution in [-0.2, 0) is 24.3 Å². The second-order valence-corrected chi connectivity index (χ2v) is 12.4. The lowest BCUT2D eigenvalue weighted by Crippen LogP contribution is -2.35. The maximum atomic E-state index is 12.8. The summed E-state index contributed by atoms with van der Waals surface area (Å²) < 4.78 is 34.3. The zero-order chi connectivity index (χ0) is 24.7. The third kappa shape index (κ3) is 7.03. The number of nitrogens with one attached hydrogen (secondary N) is 1. The standard InChI is InChI=1S/C24H27N3O5S3/c28-22(25-18-8-6-9-19(16-18)35(30,31)27-13-4-1-5-14-27)17-32-23(29)12-7-15-33-24-26-20-10-2-3-11-21(20)34-24/h2-3,6,8-11,16H,1,4-5,7,12-15,17H2,(H,25,28). The number of para-hydroxylation sites is 1. The average molecular weight is 534 g/mol. The number of fused-ring (bicyclic) bond motifs is 1. The van der Waals surface area contributed by atoms with E-state index in [2.05, 4.69) is 10.3 Å². The number of ether oxygens (including phenoxy) is 1. The summed E-state index contributed by atoms with van der Waals surface area (Å²) >= 11 is 3.22. The van der Waals surface area contributed by atoms with Gasteiger partial charge in [0.25, 0.3) is 5.91 Å². The second-order valence-electron chi connectivity index (χ2n) is 8.10. The molecule has 1 aliphatic heterocycles. The van der Waals surface area contributed by atoms with Crippen molar-refractivity contribution in [2.45, 2.75) is 41.3 Å². The Hall–Kier alpha value is -2.47. The molecule has 4 rings (SSSR count). The van der Waals surface area contributed by atoms with E-state index in [1.54, 1.807) is 35.2 Å². The third-order valence-corrected chi connectivity index (χ3v) is 9.62. The van der Waals surface area contributed by atoms with Crippen LogP contribution in [0.5, 0.6) is 0 Å². The minimum absolute atomic E-state index is 0.139. The number of nitrogens with zero attached hydrogens (tertiary/aromatic N) is 2. The molecule has 186 valence electrons. The van der Waals surface area contributed by atoms with Gasteiger partial charge in [0.15, 0.2) is 10.9 Å². The molecule has 1 fully saturated rings. The molecule has 1 saturated heterocycles. The van der Waals surface area contributed by atoms with E-state index in [1.807, 2.05) is 24.3 Å². The maximum Gasteiger partial charge on any atom is 0.306 e. The highest BCUT2D eigenvalue weighted by Crippen LogP contribution is 2.29. The van der Waals surface area contributed by atoms with Crippen molar-refractivity contribution in [3.8, 4) is 0 Å². The molecule has 2 heterocycles. The number of esters is 1. The monoisotopic (exact) mass is 533 g/mol. The number of carbonyl (C=O) groups is 2. The summed E-state index contributed by atoms with van der Waals surface area (Å²) in [5.41, 5.74) is 1.32. The van der Waals surface area contributed by atoms with Gasteiger partial charge >= 0.3 is 5.97 Å². The maximum absolute atomic E-state index is 12.8. The second kappa shape index (κ2) is 12.0. The first kappa shape index (κ1) is 25.6. The lowest BCUT2D eigenvalue weighted by Gasteiger charge is -2.26. The van der Waals surface area contributed by atoms with E-state index in [4.69, 9.17) is 4.74 Å². The number of benzene rings is 2. The number of hydrogen-bond donors (Lipinski definition) is 1. The number of piperidine rings is 1. The SMILES string of the molecule is O=C(COC(=O)CCCSc1nc2ccccc2s1)Nc1cccc(S(=O)(=O)N2CCCCC2)c1. The Morgan fingerprint density at radius 2 is 1.89 bits per heavy atom. The fourth-order valence-corrected chi connectivity index (χ4v) is 7.33. The number of rotatable bonds is 10. The van der Waals surface area contributed by atoms with Crippen LogP contribution in [0.2, 0.25) is 0 Å². The van der Waals surface area contributed by atoms with Gasteiger partial charge in [-0.15, -0.1) is 11.3 Å². The zero-order valence-corrected chi connectivity index (χ0v) is 21.6. The highest BCUT2D eigenvalue weighted by atomic mass is 32.2. The topological polar surface area (TPSA) is 106 Å². The molecular weight excluding hydrogens is 506 g/mol. The van der Waals surface area contributed by atoms with Crippen LogP contribution < -0.4 is 5.32 Å². The van der Waals surface area contributed by atoms with E-state index < -0.39 is 28.5 Å². The van der Waals surface area contributed by atoms with Gasteiger partial charge in [-0.1, -0.05) is 36.4 Å². The molecule has 2 aromatic carbocycles. The smallest absolute Gasteiger partial charge is 0.306 e. The molecule has 0 unspecified atom stereocenters. The predicted molar refractivity (Wildman–Crippen MR) is 138 cm³/mol. The Labute approximate surface area is 213 Å². The van der Waals surface area contributed by atoms with Crippen LogP contribution in [0.4, 0.5) is 5.69 Å². The molecule has 0 spiro atoms. The Morgan fingerprint density at radius 3 is 2.69 bits per heavy atom. The highest BCUT2D eigenvalue weighted by molar-refractivity contribution is 8.01. The number of hydrogen-bond acceptors (Lipinski definition) is 8. The lowest BCUT2D eigenvalue weighted by atomic mass is 10.2. The highest BCUT2D eigenvalue weighted by Gasteiger charge is 2.26. The van der Waals surface area contributed by atoms with Crippen molar-refractivity contribution in [2.24, 2.45) is 0 Å². The summed E-state index contributed by atoms with van der Waals surface area (Å²) in [5, 5.41) is 2.60. The molecule has 0 atom stereocenters. The minimum Gasteiger partial charge on any atom is -0.456 e. The Morgan fingerprint density at radius 1 is 1.09 bits per heavy atom. The van der Waals surface area contributed by atoms with Crippen molar-refractivity contribution >= 4 is 60.9 Å². The Kier molecular flexibility index (Phi) is 8.77. The molecular formula is C24H27N3O5S3. The van der Waals surface area contributed by atoms with E-state index in [0.29, 0.717) is 25.2 Å². The quantitative estimate of drug-likeness (QED) is 0.232.